The van der Waals surface area contributed by atoms with E-state index in [1.54, 1.807) is 32.9 Å². The number of benzene rings is 3. The van der Waals surface area contributed by atoms with Gasteiger partial charge >= 0.3 is 6.09 Å². The second-order valence-electron chi connectivity index (χ2n) is 9.72. The third-order valence-electron chi connectivity index (χ3n) is 5.58. The van der Waals surface area contributed by atoms with Gasteiger partial charge in [-0.15, -0.1) is 0 Å². The highest BCUT2D eigenvalue weighted by molar-refractivity contribution is 5.99. The van der Waals surface area contributed by atoms with Crippen LogP contribution in [-0.2, 0) is 22.6 Å². The lowest BCUT2D eigenvalue weighted by Crippen LogP contribution is -2.47. The van der Waals surface area contributed by atoms with Gasteiger partial charge in [-0.1, -0.05) is 42.5 Å². The number of hydrogen-bond donors (Lipinski definition) is 2. The van der Waals surface area contributed by atoms with E-state index in [-0.39, 0.29) is 6.42 Å². The van der Waals surface area contributed by atoms with Gasteiger partial charge in [0.2, 0.25) is 5.91 Å². The van der Waals surface area contributed by atoms with Crippen LogP contribution >= 0.6 is 0 Å². The molecule has 0 radical (unpaired) electrons. The summed E-state index contributed by atoms with van der Waals surface area (Å²) in [6.07, 6.45) is -0.510. The van der Waals surface area contributed by atoms with Gasteiger partial charge in [-0.3, -0.25) is 4.79 Å². The molecular formula is C30H36N2O7. The highest BCUT2D eigenvalue weighted by atomic mass is 16.6. The zero-order chi connectivity index (χ0) is 28.4. The molecule has 0 aromatic heterocycles. The van der Waals surface area contributed by atoms with Crippen molar-refractivity contribution in [3.05, 3.63) is 77.9 Å². The molecule has 0 heterocycles. The molecule has 2 amide bonds. The number of ether oxygens (including phenoxy) is 5. The van der Waals surface area contributed by atoms with Crippen LogP contribution in [0, 0.1) is 0 Å². The molecule has 3 rings (SSSR count). The predicted octanol–water partition coefficient (Wildman–Crippen LogP) is 5.37. The summed E-state index contributed by atoms with van der Waals surface area (Å²) in [6, 6.07) is 19.5. The number of hydrogen-bond acceptors (Lipinski definition) is 7. The first kappa shape index (κ1) is 29.2. The zero-order valence-electron chi connectivity index (χ0n) is 23.2. The fraction of sp³-hybridized carbons (Fsp3) is 0.333. The van der Waals surface area contributed by atoms with E-state index in [1.165, 1.54) is 21.3 Å². The van der Waals surface area contributed by atoms with E-state index in [0.717, 1.165) is 11.1 Å². The normalized spacial score (nSPS) is 11.6. The second kappa shape index (κ2) is 13.4. The molecule has 0 bridgehead atoms. The Bertz CT molecular complexity index is 1210. The van der Waals surface area contributed by atoms with Crippen molar-refractivity contribution in [1.82, 2.24) is 5.32 Å². The fourth-order valence-corrected chi connectivity index (χ4v) is 3.70. The number of rotatable bonds is 11. The standard InChI is InChI=1S/C30H36N2O7/c1-30(2,3)39-29(34)31-24(28(33)32-27-25(36-5)17-23(35-4)18-26(27)37-6)16-20-12-14-22(15-13-20)38-19-21-10-8-7-9-11-21/h7-15,17-18,24H,16,19H2,1-6H3,(H,31,34)(H,32,33). The molecule has 0 saturated carbocycles. The Morgan fingerprint density at radius 2 is 1.41 bits per heavy atom. The van der Waals surface area contributed by atoms with E-state index in [0.29, 0.717) is 35.3 Å². The van der Waals surface area contributed by atoms with Crippen LogP contribution in [0.1, 0.15) is 31.9 Å². The number of carbonyl (C=O) groups is 2. The molecule has 0 fully saturated rings. The molecule has 1 unspecified atom stereocenters. The van der Waals surface area contributed by atoms with E-state index in [4.69, 9.17) is 23.7 Å². The van der Waals surface area contributed by atoms with Crippen LogP contribution in [0.25, 0.3) is 0 Å². The van der Waals surface area contributed by atoms with Crippen molar-refractivity contribution in [3.8, 4) is 23.0 Å². The lowest BCUT2D eigenvalue weighted by molar-refractivity contribution is -0.118. The Labute approximate surface area is 229 Å². The van der Waals surface area contributed by atoms with E-state index in [1.807, 2.05) is 54.6 Å². The highest BCUT2D eigenvalue weighted by Crippen LogP contribution is 2.39. The van der Waals surface area contributed by atoms with Crippen molar-refractivity contribution in [2.45, 2.75) is 45.4 Å². The van der Waals surface area contributed by atoms with Crippen LogP contribution in [0.4, 0.5) is 10.5 Å². The number of anilines is 1. The number of amides is 2. The van der Waals surface area contributed by atoms with Gasteiger partial charge in [-0.2, -0.15) is 0 Å². The summed E-state index contributed by atoms with van der Waals surface area (Å²) in [7, 11) is 4.47. The van der Waals surface area contributed by atoms with Crippen LogP contribution < -0.4 is 29.6 Å². The molecule has 2 N–H and O–H groups in total. The minimum atomic E-state index is -0.965. The first-order valence-corrected chi connectivity index (χ1v) is 12.5. The van der Waals surface area contributed by atoms with Crippen molar-refractivity contribution in [2.75, 3.05) is 26.6 Å². The maximum Gasteiger partial charge on any atom is 0.408 e. The van der Waals surface area contributed by atoms with Crippen LogP contribution in [0.2, 0.25) is 0 Å². The quantitative estimate of drug-likeness (QED) is 0.340. The topological polar surface area (TPSA) is 104 Å². The average molecular weight is 537 g/mol. The molecule has 9 heteroatoms. The summed E-state index contributed by atoms with van der Waals surface area (Å²) in [4.78, 5) is 26.1. The van der Waals surface area contributed by atoms with E-state index in [9.17, 15) is 9.59 Å². The highest BCUT2D eigenvalue weighted by Gasteiger charge is 2.27. The van der Waals surface area contributed by atoms with Crippen molar-refractivity contribution >= 4 is 17.7 Å². The third kappa shape index (κ3) is 8.84. The van der Waals surface area contributed by atoms with Crippen molar-refractivity contribution < 1.29 is 33.3 Å². The molecular weight excluding hydrogens is 500 g/mol. The monoisotopic (exact) mass is 536 g/mol. The molecule has 0 spiro atoms. The molecule has 3 aromatic rings. The van der Waals surface area contributed by atoms with Gasteiger partial charge < -0.3 is 34.3 Å². The average Bonchev–Trinajstić information content (AvgIpc) is 2.91. The summed E-state index contributed by atoms with van der Waals surface area (Å²) < 4.78 is 27.4. The van der Waals surface area contributed by atoms with Crippen molar-refractivity contribution in [3.63, 3.8) is 0 Å². The Morgan fingerprint density at radius 1 is 0.795 bits per heavy atom. The van der Waals surface area contributed by atoms with Gasteiger partial charge in [0.25, 0.3) is 0 Å². The smallest absolute Gasteiger partial charge is 0.408 e. The molecule has 39 heavy (non-hydrogen) atoms. The minimum absolute atomic E-state index is 0.199. The molecule has 0 aliphatic carbocycles. The molecule has 208 valence electrons. The maximum absolute atomic E-state index is 13.5. The minimum Gasteiger partial charge on any atom is -0.496 e. The van der Waals surface area contributed by atoms with Crippen molar-refractivity contribution in [2.24, 2.45) is 0 Å². The molecule has 0 aliphatic heterocycles. The van der Waals surface area contributed by atoms with Gasteiger partial charge in [-0.05, 0) is 44.0 Å². The first-order chi connectivity index (χ1) is 18.6. The molecule has 0 saturated heterocycles. The Morgan fingerprint density at radius 3 is 1.95 bits per heavy atom. The lowest BCUT2D eigenvalue weighted by Gasteiger charge is -2.24. The lowest BCUT2D eigenvalue weighted by atomic mass is 10.0. The molecule has 9 nitrogen and oxygen atoms in total. The molecule has 3 aromatic carbocycles. The van der Waals surface area contributed by atoms with E-state index >= 15 is 0 Å². The summed E-state index contributed by atoms with van der Waals surface area (Å²) in [5.74, 6) is 1.40. The van der Waals surface area contributed by atoms with Crippen molar-refractivity contribution in [1.29, 1.82) is 0 Å². The summed E-state index contributed by atoms with van der Waals surface area (Å²) in [5, 5.41) is 5.52. The van der Waals surface area contributed by atoms with Gasteiger partial charge in [0, 0.05) is 18.6 Å². The Hall–Kier alpha value is -4.40. The Kier molecular flexibility index (Phi) is 10.0. The number of nitrogens with one attached hydrogen (secondary N) is 2. The Balaban J connectivity index is 1.79. The largest absolute Gasteiger partial charge is 0.496 e. The zero-order valence-corrected chi connectivity index (χ0v) is 23.2. The molecule has 1 atom stereocenters. The number of alkyl carbamates (subject to hydrolysis) is 1. The van der Waals surface area contributed by atoms with Crippen LogP contribution in [-0.4, -0.2) is 45.0 Å². The molecule has 0 aliphatic rings. The number of methoxy groups -OCH3 is 3. The number of carbonyl (C=O) groups excluding carboxylic acids is 2. The van der Waals surface area contributed by atoms with Gasteiger partial charge in [0.15, 0.2) is 0 Å². The van der Waals surface area contributed by atoms with Crippen LogP contribution in [0.3, 0.4) is 0 Å². The summed E-state index contributed by atoms with van der Waals surface area (Å²) in [5.41, 5.74) is 1.45. The van der Waals surface area contributed by atoms with E-state index in [2.05, 4.69) is 10.6 Å². The fourth-order valence-electron chi connectivity index (χ4n) is 3.70. The SMILES string of the molecule is COc1cc(OC)c(NC(=O)C(Cc2ccc(OCc3ccccc3)cc2)NC(=O)OC(C)(C)C)c(OC)c1. The van der Waals surface area contributed by atoms with Crippen LogP contribution in [0.15, 0.2) is 66.7 Å². The van der Waals surface area contributed by atoms with Crippen LogP contribution in [0.5, 0.6) is 23.0 Å². The van der Waals surface area contributed by atoms with Gasteiger partial charge in [-0.25, -0.2) is 4.79 Å². The first-order valence-electron chi connectivity index (χ1n) is 12.5. The third-order valence-corrected chi connectivity index (χ3v) is 5.58. The second-order valence-corrected chi connectivity index (χ2v) is 9.72. The summed E-state index contributed by atoms with van der Waals surface area (Å²) >= 11 is 0. The maximum atomic E-state index is 13.5. The van der Waals surface area contributed by atoms with Gasteiger partial charge in [0.1, 0.15) is 46.9 Å². The van der Waals surface area contributed by atoms with Gasteiger partial charge in [0.05, 0.1) is 21.3 Å². The van der Waals surface area contributed by atoms with E-state index < -0.39 is 23.6 Å². The summed E-state index contributed by atoms with van der Waals surface area (Å²) in [6.45, 7) is 5.70. The predicted molar refractivity (Wildman–Crippen MR) is 149 cm³/mol.